The van der Waals surface area contributed by atoms with Gasteiger partial charge in [0.15, 0.2) is 37.7 Å². The Balaban J connectivity index is 1.43. The first-order valence-corrected chi connectivity index (χ1v) is 57.1. The van der Waals surface area contributed by atoms with Crippen molar-refractivity contribution in [1.82, 2.24) is 0 Å². The van der Waals surface area contributed by atoms with Gasteiger partial charge < -0.3 is 118 Å². The Hall–Kier alpha value is 0.341. The van der Waals surface area contributed by atoms with Gasteiger partial charge in [0.25, 0.3) is 0 Å². The molecule has 102 heavy (non-hydrogen) atoms. The number of rotatable bonds is 12. The van der Waals surface area contributed by atoms with Crippen molar-refractivity contribution in [3.05, 3.63) is 0 Å². The van der Waals surface area contributed by atoms with Gasteiger partial charge in [-0.25, -0.2) is 0 Å². The molecule has 0 aromatic rings. The van der Waals surface area contributed by atoms with Crippen LogP contribution in [0, 0.1) is 0 Å². The molecular weight excluding hydrogens is 1420 g/mol. The second kappa shape index (κ2) is 31.4. The lowest BCUT2D eigenvalue weighted by Gasteiger charge is -2.53. The fourth-order valence-electron chi connectivity index (χ4n) is 13.9. The molecule has 0 spiro atoms. The van der Waals surface area contributed by atoms with Crippen molar-refractivity contribution in [3.8, 4) is 0 Å². The summed E-state index contributed by atoms with van der Waals surface area (Å²) in [5.41, 5.74) is 0. The average Bonchev–Trinajstić information content (AvgIpc) is 0.762. The fraction of sp³-hybridized carbons (Fsp3) is 1.00. The predicted octanol–water partition coefficient (Wildman–Crippen LogP) is 8.04. The Labute approximate surface area is 617 Å². The average molecular weight is 1560 g/mol. The quantitative estimate of drug-likeness (QED) is 0.0822. The first kappa shape index (κ1) is 89.5. The summed E-state index contributed by atoms with van der Waals surface area (Å²) in [5.74, 6) is 0. The second-order valence-corrected chi connectivity index (χ2v) is 75.8. The van der Waals surface area contributed by atoms with E-state index in [1.807, 2.05) is 0 Å². The summed E-state index contributed by atoms with van der Waals surface area (Å²) in [5, 5.41) is 150. The highest BCUT2D eigenvalue weighted by Gasteiger charge is 2.62. The van der Waals surface area contributed by atoms with E-state index in [2.05, 4.69) is 203 Å². The SMILES string of the molecule is CC(C)(C)[Si](C)(C)CC1O[C@@H]2O[C@@H]3C(C[Si](C)(C)C(C)(C)C)O[C@H](O[C@@H]4C(C[Si](C)(C)C(C)(C)C)O[C@H](O[C@@H]5C(C[Si](C)(C)C(C)(C)C)O[C@H](O[C@@H]6C(C[Si](C)(C)C(C)(C)C)O[C@H](O[C@@H]7C(C[Si](C)(C)C(C)(C)C)O[C@H](O[C@H]1C(O)[C@H]2O)[C@H](O)C7O)[C@@H](O)C6O)[C@@H](O)C5O)[C@H](O)C4O)[C@H](O)C3O. The van der Waals surface area contributed by atoms with E-state index in [1.165, 1.54) is 0 Å². The van der Waals surface area contributed by atoms with E-state index in [0.717, 1.165) is 0 Å². The van der Waals surface area contributed by atoms with Crippen molar-refractivity contribution in [2.24, 2.45) is 0 Å². The molecule has 22 heterocycles. The predicted molar refractivity (Wildman–Crippen MR) is 405 cm³/mol. The minimum atomic E-state index is -2.51. The molecule has 24 nitrogen and oxygen atoms in total. The van der Waals surface area contributed by atoms with Gasteiger partial charge in [0.05, 0.1) is 85.1 Å². The zero-order chi connectivity index (χ0) is 78.0. The van der Waals surface area contributed by atoms with Gasteiger partial charge in [-0.15, -0.1) is 0 Å². The van der Waals surface area contributed by atoms with Gasteiger partial charge in [0, 0.05) is 0 Å². The molecule has 30 atom stereocenters. The van der Waals surface area contributed by atoms with Crippen LogP contribution in [-0.4, -0.2) is 294 Å². The number of hydrogen-bond donors (Lipinski definition) is 12. The van der Waals surface area contributed by atoms with Gasteiger partial charge in [-0.05, 0) is 66.5 Å². The molecular formula is C72H144O24Si6. The van der Waals surface area contributed by atoms with Gasteiger partial charge >= 0.3 is 0 Å². The Morgan fingerprint density at radius 3 is 0.363 bits per heavy atom. The Morgan fingerprint density at radius 2 is 0.275 bits per heavy atom. The fourth-order valence-corrected chi connectivity index (χ4v) is 25.6. The second-order valence-electron chi connectivity index (χ2n) is 41.8. The summed E-state index contributed by atoms with van der Waals surface area (Å²) in [6.07, 6.45) is -48.0. The molecule has 30 heteroatoms. The molecule has 22 fully saturated rings. The smallest absolute Gasteiger partial charge is 0.187 e. The Bertz CT molecular complexity index is 2260. The zero-order valence-electron chi connectivity index (χ0n) is 67.8. The van der Waals surface area contributed by atoms with Crippen LogP contribution >= 0.6 is 0 Å². The number of aliphatic hydroxyl groups is 12. The van der Waals surface area contributed by atoms with Crippen molar-refractivity contribution in [3.63, 3.8) is 0 Å². The summed E-state index contributed by atoms with van der Waals surface area (Å²) >= 11 is 0. The van der Waals surface area contributed by atoms with Gasteiger partial charge in [0.2, 0.25) is 0 Å². The summed E-state index contributed by atoms with van der Waals surface area (Å²) in [6, 6.07) is 1.72. The van der Waals surface area contributed by atoms with Crippen molar-refractivity contribution < 1.29 is 118 Å². The standard InChI is InChI=1S/C72H144O24Si6/c1-67(2,3)97(19,20)31-37-55-43(73)49(79)61(85-37)92-56-38(32-98(21,22)68(4,5)6)87-63(51(81)45(56)75)94-58-40(34-100(25,26)70(10,11)12)89-65(53(83)47(58)77)96-60-42(36-102(29,30)72(16,17)18)90-66(54(84)48(60)78)95-59-41(35-101(27,28)71(13,14)15)88-64(52(82)46(59)76)93-57-39(33-99(23,24)69(7,8)9)86-62(91-55)50(80)44(57)74/h37-66,73-84H,31-36H2,1-30H3/t37?,38?,39?,40?,41?,42?,43?,44?,45?,46?,47?,48?,49-,50-,51-,52-,53+,54+,55-,56-,57-,58-,59-,60-,61-,62-,63-,64-,65-,66-/m1/s1. The van der Waals surface area contributed by atoms with Crippen LogP contribution in [0.5, 0.6) is 0 Å². The largest absolute Gasteiger partial charge is 0.387 e. The van der Waals surface area contributed by atoms with Crippen LogP contribution < -0.4 is 0 Å². The molecule has 22 aliphatic heterocycles. The summed E-state index contributed by atoms with van der Waals surface area (Å²) in [4.78, 5) is 0. The highest BCUT2D eigenvalue weighted by Crippen LogP contribution is 2.51. The summed E-state index contributed by atoms with van der Waals surface area (Å²) in [6.45, 7) is 63.9. The molecule has 0 aliphatic carbocycles. The van der Waals surface area contributed by atoms with Crippen LogP contribution in [0.4, 0.5) is 0 Å². The van der Waals surface area contributed by atoms with Crippen LogP contribution in [-0.2, 0) is 56.8 Å². The first-order valence-electron chi connectivity index (χ1n) is 37.8. The minimum absolute atomic E-state index is 0.283. The molecule has 0 amide bonds. The van der Waals surface area contributed by atoms with E-state index in [0.29, 0.717) is 0 Å². The highest BCUT2D eigenvalue weighted by atomic mass is 28.3. The van der Waals surface area contributed by atoms with Crippen LogP contribution in [0.25, 0.3) is 0 Å². The molecule has 600 valence electrons. The minimum Gasteiger partial charge on any atom is -0.387 e. The van der Waals surface area contributed by atoms with Crippen molar-refractivity contribution in [2.75, 3.05) is 0 Å². The first-order chi connectivity index (χ1) is 45.8. The van der Waals surface area contributed by atoms with E-state index in [1.54, 1.807) is 0 Å². The van der Waals surface area contributed by atoms with Crippen molar-refractivity contribution in [2.45, 2.75) is 454 Å². The maximum atomic E-state index is 12.7. The molecule has 0 aromatic heterocycles. The van der Waals surface area contributed by atoms with Gasteiger partial charge in [0.1, 0.15) is 110 Å². The molecule has 0 saturated carbocycles. The summed E-state index contributed by atoms with van der Waals surface area (Å²) < 4.78 is 82.2. The monoisotopic (exact) mass is 1560 g/mol. The Morgan fingerprint density at radius 1 is 0.176 bits per heavy atom. The normalized spacial score (nSPS) is 42.2. The van der Waals surface area contributed by atoms with Gasteiger partial charge in [-0.2, -0.15) is 0 Å². The van der Waals surface area contributed by atoms with Crippen LogP contribution in [0.2, 0.25) is 145 Å². The molecule has 22 rings (SSSR count). The van der Waals surface area contributed by atoms with Crippen LogP contribution in [0.3, 0.4) is 0 Å². The summed E-state index contributed by atoms with van der Waals surface area (Å²) in [7, 11) is -15.1. The molecule has 22 saturated heterocycles. The highest BCUT2D eigenvalue weighted by molar-refractivity contribution is 6.82. The number of hydrogen-bond acceptors (Lipinski definition) is 24. The molecule has 0 aromatic carbocycles. The lowest BCUT2D eigenvalue weighted by Crippen LogP contribution is -2.69. The van der Waals surface area contributed by atoms with Crippen molar-refractivity contribution in [1.29, 1.82) is 0 Å². The topological polar surface area (TPSA) is 354 Å². The lowest BCUT2D eigenvalue weighted by atomic mass is 9.95. The maximum Gasteiger partial charge on any atom is 0.187 e. The van der Waals surface area contributed by atoms with E-state index in [-0.39, 0.29) is 66.5 Å². The molecule has 12 N–H and O–H groups in total. The van der Waals surface area contributed by atoms with E-state index >= 15 is 0 Å². The zero-order valence-corrected chi connectivity index (χ0v) is 73.8. The molecule has 22 aliphatic rings. The van der Waals surface area contributed by atoms with Crippen molar-refractivity contribution >= 4 is 48.4 Å². The molecule has 12 unspecified atom stereocenters. The van der Waals surface area contributed by atoms with Crippen LogP contribution in [0.1, 0.15) is 125 Å². The van der Waals surface area contributed by atoms with E-state index < -0.39 is 233 Å². The number of ether oxygens (including phenoxy) is 12. The molecule has 0 radical (unpaired) electrons. The Kier molecular flexibility index (Phi) is 27.5. The van der Waals surface area contributed by atoms with Gasteiger partial charge in [-0.1, -0.05) is 203 Å². The third kappa shape index (κ3) is 19.0. The van der Waals surface area contributed by atoms with Crippen LogP contribution in [0.15, 0.2) is 0 Å². The molecule has 12 bridgehead atoms. The van der Waals surface area contributed by atoms with E-state index in [9.17, 15) is 61.3 Å². The number of aliphatic hydroxyl groups excluding tert-OH is 12. The third-order valence-electron chi connectivity index (χ3n) is 28.0. The van der Waals surface area contributed by atoms with E-state index in [4.69, 9.17) is 56.8 Å². The van der Waals surface area contributed by atoms with Gasteiger partial charge in [-0.3, -0.25) is 0 Å². The third-order valence-corrected chi connectivity index (χ3v) is 60.9. The maximum absolute atomic E-state index is 12.7. The lowest BCUT2D eigenvalue weighted by molar-refractivity contribution is -0.397.